The molecule has 1 aromatic rings. The minimum absolute atomic E-state index is 0.00763. The normalized spacial score (nSPS) is 13.8. The van der Waals surface area contributed by atoms with Crippen LogP contribution in [0.1, 0.15) is 27.7 Å². The summed E-state index contributed by atoms with van der Waals surface area (Å²) in [7, 11) is 0. The number of hydrogen-bond acceptors (Lipinski definition) is 5. The Morgan fingerprint density at radius 1 is 1.53 bits per heavy atom. The minimum Gasteiger partial charge on any atom is -0.363 e. The van der Waals surface area contributed by atoms with E-state index in [9.17, 15) is 10.1 Å². The maximum Gasteiger partial charge on any atom is 0.274 e. The lowest BCUT2D eigenvalue weighted by molar-refractivity contribution is -0.403. The van der Waals surface area contributed by atoms with Crippen LogP contribution in [0, 0.1) is 15.5 Å². The topological polar surface area (TPSA) is 80.1 Å². The summed E-state index contributed by atoms with van der Waals surface area (Å²) in [6, 6.07) is 3.63. The van der Waals surface area contributed by atoms with Crippen LogP contribution in [-0.2, 0) is 0 Å². The third kappa shape index (κ3) is 5.37. The molecule has 0 aromatic carbocycles. The molecule has 0 amide bonds. The van der Waals surface area contributed by atoms with Crippen molar-refractivity contribution >= 4 is 5.69 Å². The lowest BCUT2D eigenvalue weighted by atomic mass is 9.88. The van der Waals surface area contributed by atoms with E-state index in [0.717, 1.165) is 6.20 Å². The number of rotatable bonds is 5. The minimum atomic E-state index is -0.485. The van der Waals surface area contributed by atoms with Crippen LogP contribution in [0.2, 0.25) is 0 Å². The standard InChI is InChI=1S/C13H20N4O2/c1-10(13(2,3)4)15-12(9-17(18)19)16-11-6-5-7-14-8-11/h5-10,15-16H,1-4H3/b12-9+. The molecule has 0 aliphatic carbocycles. The fourth-order valence-corrected chi connectivity index (χ4v) is 1.25. The summed E-state index contributed by atoms with van der Waals surface area (Å²) in [6.07, 6.45) is 4.18. The average Bonchev–Trinajstić information content (AvgIpc) is 2.28. The zero-order valence-electron chi connectivity index (χ0n) is 11.7. The summed E-state index contributed by atoms with van der Waals surface area (Å²) >= 11 is 0. The van der Waals surface area contributed by atoms with E-state index in [2.05, 4.69) is 36.4 Å². The highest BCUT2D eigenvalue weighted by Gasteiger charge is 2.21. The van der Waals surface area contributed by atoms with E-state index < -0.39 is 4.92 Å². The molecule has 0 aliphatic heterocycles. The largest absolute Gasteiger partial charge is 0.363 e. The van der Waals surface area contributed by atoms with Crippen LogP contribution in [0.25, 0.3) is 0 Å². The highest BCUT2D eigenvalue weighted by Crippen LogP contribution is 2.19. The van der Waals surface area contributed by atoms with Gasteiger partial charge in [-0.05, 0) is 24.5 Å². The molecule has 1 heterocycles. The van der Waals surface area contributed by atoms with Crippen molar-refractivity contribution in [3.63, 3.8) is 0 Å². The molecule has 0 radical (unpaired) electrons. The Bertz CT molecular complexity index is 451. The molecule has 104 valence electrons. The Balaban J connectivity index is 2.82. The highest BCUT2D eigenvalue weighted by molar-refractivity contribution is 5.45. The van der Waals surface area contributed by atoms with Gasteiger partial charge in [0.1, 0.15) is 0 Å². The van der Waals surface area contributed by atoms with Crippen LogP contribution in [0.5, 0.6) is 0 Å². The van der Waals surface area contributed by atoms with Gasteiger partial charge in [0.2, 0.25) is 0 Å². The highest BCUT2D eigenvalue weighted by atomic mass is 16.6. The zero-order chi connectivity index (χ0) is 14.5. The van der Waals surface area contributed by atoms with Gasteiger partial charge in [0.05, 0.1) is 16.8 Å². The van der Waals surface area contributed by atoms with E-state index in [1.54, 1.807) is 24.5 Å². The van der Waals surface area contributed by atoms with Crippen molar-refractivity contribution in [2.45, 2.75) is 33.7 Å². The van der Waals surface area contributed by atoms with E-state index in [4.69, 9.17) is 0 Å². The molecule has 1 rings (SSSR count). The van der Waals surface area contributed by atoms with Crippen molar-refractivity contribution in [2.75, 3.05) is 5.32 Å². The summed E-state index contributed by atoms with van der Waals surface area (Å²) in [6.45, 7) is 8.19. The fraction of sp³-hybridized carbons (Fsp3) is 0.462. The quantitative estimate of drug-likeness (QED) is 0.631. The van der Waals surface area contributed by atoms with Crippen molar-refractivity contribution in [3.8, 4) is 0 Å². The molecule has 0 saturated carbocycles. The molecule has 1 aromatic heterocycles. The molecular weight excluding hydrogens is 244 g/mol. The molecule has 1 atom stereocenters. The van der Waals surface area contributed by atoms with Gasteiger partial charge in [0, 0.05) is 12.2 Å². The van der Waals surface area contributed by atoms with Crippen molar-refractivity contribution in [2.24, 2.45) is 5.41 Å². The first-order valence-corrected chi connectivity index (χ1v) is 6.08. The molecule has 19 heavy (non-hydrogen) atoms. The Kier molecular flexibility index (Phi) is 4.86. The maximum atomic E-state index is 10.7. The van der Waals surface area contributed by atoms with Crippen LogP contribution in [0.3, 0.4) is 0 Å². The van der Waals surface area contributed by atoms with E-state index >= 15 is 0 Å². The number of aromatic nitrogens is 1. The van der Waals surface area contributed by atoms with Crippen LogP contribution in [0.4, 0.5) is 5.69 Å². The molecule has 0 aliphatic rings. The monoisotopic (exact) mass is 264 g/mol. The SMILES string of the molecule is CC(N/C(=C\[N+](=O)[O-])Nc1cccnc1)C(C)(C)C. The third-order valence-corrected chi connectivity index (χ3v) is 2.85. The summed E-state index contributed by atoms with van der Waals surface area (Å²) in [5, 5.41) is 16.7. The zero-order valence-corrected chi connectivity index (χ0v) is 11.7. The number of anilines is 1. The first kappa shape index (κ1) is 14.9. The third-order valence-electron chi connectivity index (χ3n) is 2.85. The Morgan fingerprint density at radius 2 is 2.21 bits per heavy atom. The maximum absolute atomic E-state index is 10.7. The van der Waals surface area contributed by atoms with E-state index in [1.807, 2.05) is 6.92 Å². The first-order valence-electron chi connectivity index (χ1n) is 6.08. The van der Waals surface area contributed by atoms with Gasteiger partial charge in [0.25, 0.3) is 6.20 Å². The number of nitro groups is 1. The molecule has 0 saturated heterocycles. The summed E-state index contributed by atoms with van der Waals surface area (Å²) in [5.41, 5.74) is 0.691. The van der Waals surface area contributed by atoms with Gasteiger partial charge in [-0.25, -0.2) is 0 Å². The average molecular weight is 264 g/mol. The van der Waals surface area contributed by atoms with E-state index in [0.29, 0.717) is 11.5 Å². The smallest absolute Gasteiger partial charge is 0.274 e. The van der Waals surface area contributed by atoms with Crippen molar-refractivity contribution in [1.29, 1.82) is 0 Å². The Hall–Kier alpha value is -2.11. The predicted octanol–water partition coefficient (Wildman–Crippen LogP) is 2.59. The first-order chi connectivity index (χ1) is 8.79. The number of hydrogen-bond donors (Lipinski definition) is 2. The molecule has 6 nitrogen and oxygen atoms in total. The lowest BCUT2D eigenvalue weighted by Crippen LogP contribution is -2.39. The molecule has 0 bridgehead atoms. The summed E-state index contributed by atoms with van der Waals surface area (Å²) in [4.78, 5) is 14.1. The number of pyridine rings is 1. The summed E-state index contributed by atoms with van der Waals surface area (Å²) in [5.74, 6) is 0.348. The second-order valence-electron chi connectivity index (χ2n) is 5.43. The molecule has 6 heteroatoms. The van der Waals surface area contributed by atoms with E-state index in [1.165, 1.54) is 0 Å². The van der Waals surface area contributed by atoms with Gasteiger partial charge in [-0.15, -0.1) is 0 Å². The predicted molar refractivity (Wildman–Crippen MR) is 75.0 cm³/mol. The number of nitrogens with zero attached hydrogens (tertiary/aromatic N) is 2. The van der Waals surface area contributed by atoms with Gasteiger partial charge >= 0.3 is 0 Å². The van der Waals surface area contributed by atoms with Gasteiger partial charge < -0.3 is 10.6 Å². The van der Waals surface area contributed by atoms with Crippen LogP contribution < -0.4 is 10.6 Å². The van der Waals surface area contributed by atoms with Crippen LogP contribution in [0.15, 0.2) is 36.5 Å². The molecule has 2 N–H and O–H groups in total. The van der Waals surface area contributed by atoms with Gasteiger partial charge in [-0.3, -0.25) is 15.1 Å². The molecular formula is C13H20N4O2. The molecule has 1 unspecified atom stereocenters. The van der Waals surface area contributed by atoms with Crippen LogP contribution in [-0.4, -0.2) is 15.9 Å². The van der Waals surface area contributed by atoms with Gasteiger partial charge in [-0.2, -0.15) is 0 Å². The van der Waals surface area contributed by atoms with Crippen molar-refractivity contribution in [3.05, 3.63) is 46.7 Å². The fourth-order valence-electron chi connectivity index (χ4n) is 1.25. The van der Waals surface area contributed by atoms with Gasteiger partial charge in [-0.1, -0.05) is 20.8 Å². The van der Waals surface area contributed by atoms with Crippen LogP contribution >= 0.6 is 0 Å². The lowest BCUT2D eigenvalue weighted by Gasteiger charge is -2.29. The second kappa shape index (κ2) is 6.17. The van der Waals surface area contributed by atoms with E-state index in [-0.39, 0.29) is 11.5 Å². The second-order valence-corrected chi connectivity index (χ2v) is 5.43. The van der Waals surface area contributed by atoms with Crippen molar-refractivity contribution < 1.29 is 4.92 Å². The molecule has 0 spiro atoms. The van der Waals surface area contributed by atoms with Gasteiger partial charge in [0.15, 0.2) is 5.82 Å². The Labute approximate surface area is 113 Å². The Morgan fingerprint density at radius 3 is 2.68 bits per heavy atom. The summed E-state index contributed by atoms with van der Waals surface area (Å²) < 4.78 is 0. The molecule has 0 fully saturated rings. The number of nitrogens with one attached hydrogen (secondary N) is 2. The van der Waals surface area contributed by atoms with Crippen molar-refractivity contribution in [1.82, 2.24) is 10.3 Å².